The van der Waals surface area contributed by atoms with Gasteiger partial charge in [0.2, 0.25) is 0 Å². The van der Waals surface area contributed by atoms with Gasteiger partial charge in [0.15, 0.2) is 0 Å². The second kappa shape index (κ2) is 10.8. The van der Waals surface area contributed by atoms with E-state index in [9.17, 15) is 0 Å². The van der Waals surface area contributed by atoms with E-state index in [4.69, 9.17) is 9.47 Å². The quantitative estimate of drug-likeness (QED) is 0.400. The molecular formula is C27H34NO2P. The van der Waals surface area contributed by atoms with Crippen LogP contribution in [-0.4, -0.2) is 14.2 Å². The highest BCUT2D eigenvalue weighted by molar-refractivity contribution is 7.48. The highest BCUT2D eigenvalue weighted by Crippen LogP contribution is 2.48. The van der Waals surface area contributed by atoms with Gasteiger partial charge in [-0.2, -0.15) is 0 Å². The Morgan fingerprint density at radius 3 is 2.45 bits per heavy atom. The molecule has 0 radical (unpaired) electrons. The van der Waals surface area contributed by atoms with E-state index in [1.807, 2.05) is 31.3 Å². The average molecular weight is 436 g/mol. The van der Waals surface area contributed by atoms with Crippen LogP contribution in [0.25, 0.3) is 0 Å². The van der Waals surface area contributed by atoms with Gasteiger partial charge < -0.3 is 14.8 Å². The minimum Gasteiger partial charge on any atom is -0.497 e. The molecule has 0 fully saturated rings. The zero-order chi connectivity index (χ0) is 22.3. The Hall–Kier alpha value is -2.35. The van der Waals surface area contributed by atoms with Crippen molar-refractivity contribution in [1.82, 2.24) is 5.32 Å². The van der Waals surface area contributed by atoms with E-state index in [2.05, 4.69) is 68.6 Å². The number of rotatable bonds is 10. The monoisotopic (exact) mass is 435 g/mol. The standard InChI is InChI=1S/C27H34NO2P/c1-6-27(3,31-26-15-12-20(2)16-22(26)18-28-4)24-17-23(29-5)13-14-25(24)30-19-21-10-8-7-9-11-21/h7-17,28,31H,6,18-19H2,1-5H3. The Morgan fingerprint density at radius 2 is 1.77 bits per heavy atom. The van der Waals surface area contributed by atoms with Crippen molar-refractivity contribution in [3.05, 3.63) is 89.0 Å². The van der Waals surface area contributed by atoms with Crippen molar-refractivity contribution in [3.8, 4) is 11.5 Å². The highest BCUT2D eigenvalue weighted by atomic mass is 31.1. The third-order valence-electron chi connectivity index (χ3n) is 5.76. The van der Waals surface area contributed by atoms with E-state index in [0.717, 1.165) is 24.5 Å². The van der Waals surface area contributed by atoms with Crippen molar-refractivity contribution >= 4 is 13.9 Å². The molecule has 0 aliphatic carbocycles. The summed E-state index contributed by atoms with van der Waals surface area (Å²) in [5.41, 5.74) is 5.04. The van der Waals surface area contributed by atoms with Crippen LogP contribution in [-0.2, 0) is 18.3 Å². The van der Waals surface area contributed by atoms with E-state index in [0.29, 0.717) is 15.2 Å². The molecule has 0 aromatic heterocycles. The predicted octanol–water partition coefficient (Wildman–Crippen LogP) is 5.93. The molecule has 1 N–H and O–H groups in total. The molecule has 2 unspecified atom stereocenters. The molecule has 3 aromatic rings. The number of methoxy groups -OCH3 is 1. The SMILES string of the molecule is CCC(C)(Pc1ccc(C)cc1CNC)c1cc(OC)ccc1OCc1ccccc1. The van der Waals surface area contributed by atoms with Crippen molar-refractivity contribution in [3.63, 3.8) is 0 Å². The maximum absolute atomic E-state index is 6.34. The lowest BCUT2D eigenvalue weighted by Gasteiger charge is -2.32. The fourth-order valence-corrected chi connectivity index (χ4v) is 5.34. The summed E-state index contributed by atoms with van der Waals surface area (Å²) in [7, 11) is 4.35. The lowest BCUT2D eigenvalue weighted by molar-refractivity contribution is 0.299. The molecule has 0 heterocycles. The fraction of sp³-hybridized carbons (Fsp3) is 0.333. The number of hydrogen-bond donors (Lipinski definition) is 1. The van der Waals surface area contributed by atoms with Gasteiger partial charge in [-0.25, -0.2) is 0 Å². The Kier molecular flexibility index (Phi) is 8.12. The normalized spacial score (nSPS) is 13.3. The molecule has 0 bridgehead atoms. The van der Waals surface area contributed by atoms with Crippen LogP contribution in [0, 0.1) is 6.92 Å². The van der Waals surface area contributed by atoms with Gasteiger partial charge in [0, 0.05) is 17.3 Å². The molecule has 0 saturated heterocycles. The summed E-state index contributed by atoms with van der Waals surface area (Å²) < 4.78 is 11.9. The van der Waals surface area contributed by atoms with Gasteiger partial charge in [-0.05, 0) is 55.0 Å². The van der Waals surface area contributed by atoms with Gasteiger partial charge >= 0.3 is 0 Å². The molecule has 0 amide bonds. The van der Waals surface area contributed by atoms with Crippen molar-refractivity contribution in [2.24, 2.45) is 0 Å². The van der Waals surface area contributed by atoms with Crippen LogP contribution in [0.15, 0.2) is 66.7 Å². The Morgan fingerprint density at radius 1 is 1.00 bits per heavy atom. The minimum atomic E-state index is -0.0572. The van der Waals surface area contributed by atoms with Gasteiger partial charge in [-0.15, -0.1) is 0 Å². The molecule has 164 valence electrons. The second-order valence-corrected chi connectivity index (χ2v) is 10.0. The van der Waals surface area contributed by atoms with Crippen LogP contribution < -0.4 is 20.1 Å². The first-order chi connectivity index (χ1) is 15.0. The van der Waals surface area contributed by atoms with Crippen LogP contribution in [0.4, 0.5) is 0 Å². The summed E-state index contributed by atoms with van der Waals surface area (Å²) in [4.78, 5) is 0. The molecule has 2 atom stereocenters. The molecule has 3 aromatic carbocycles. The molecule has 0 aliphatic rings. The van der Waals surface area contributed by atoms with Crippen molar-refractivity contribution in [2.75, 3.05) is 14.2 Å². The zero-order valence-corrected chi connectivity index (χ0v) is 20.3. The van der Waals surface area contributed by atoms with Gasteiger partial charge in [0.05, 0.1) is 7.11 Å². The summed E-state index contributed by atoms with van der Waals surface area (Å²) in [6, 6.07) is 23.3. The van der Waals surface area contributed by atoms with Crippen LogP contribution in [0.3, 0.4) is 0 Å². The summed E-state index contributed by atoms with van der Waals surface area (Å²) in [5, 5.41) is 4.67. The Labute approximate surface area is 189 Å². The summed E-state index contributed by atoms with van der Waals surface area (Å²) in [6.45, 7) is 8.19. The van der Waals surface area contributed by atoms with Gasteiger partial charge in [0.1, 0.15) is 18.1 Å². The molecule has 0 spiro atoms. The first-order valence-electron chi connectivity index (χ1n) is 10.9. The maximum atomic E-state index is 6.34. The summed E-state index contributed by atoms with van der Waals surface area (Å²) in [6.07, 6.45) is 1.01. The third-order valence-corrected chi connectivity index (χ3v) is 7.70. The first-order valence-corrected chi connectivity index (χ1v) is 11.9. The van der Waals surface area contributed by atoms with E-state index >= 15 is 0 Å². The third kappa shape index (κ3) is 5.87. The average Bonchev–Trinajstić information content (AvgIpc) is 2.80. The predicted molar refractivity (Wildman–Crippen MR) is 133 cm³/mol. The zero-order valence-electron chi connectivity index (χ0n) is 19.3. The molecule has 3 rings (SSSR count). The van der Waals surface area contributed by atoms with Crippen LogP contribution in [0.1, 0.15) is 42.5 Å². The Bertz CT molecular complexity index is 990. The van der Waals surface area contributed by atoms with E-state index in [1.165, 1.54) is 27.6 Å². The van der Waals surface area contributed by atoms with E-state index < -0.39 is 0 Å². The minimum absolute atomic E-state index is 0.0572. The maximum Gasteiger partial charge on any atom is 0.124 e. The van der Waals surface area contributed by atoms with E-state index in [-0.39, 0.29) is 5.16 Å². The highest BCUT2D eigenvalue weighted by Gasteiger charge is 2.30. The lowest BCUT2D eigenvalue weighted by atomic mass is 9.96. The van der Waals surface area contributed by atoms with Crippen LogP contribution >= 0.6 is 8.58 Å². The lowest BCUT2D eigenvalue weighted by Crippen LogP contribution is -2.22. The molecular weight excluding hydrogens is 401 g/mol. The van der Waals surface area contributed by atoms with E-state index in [1.54, 1.807) is 7.11 Å². The van der Waals surface area contributed by atoms with Gasteiger partial charge in [-0.1, -0.05) is 76.5 Å². The molecule has 3 nitrogen and oxygen atoms in total. The van der Waals surface area contributed by atoms with Gasteiger partial charge in [-0.3, -0.25) is 0 Å². The second-order valence-electron chi connectivity index (χ2n) is 8.14. The number of hydrogen-bond acceptors (Lipinski definition) is 3. The van der Waals surface area contributed by atoms with Crippen molar-refractivity contribution in [2.45, 2.75) is 45.5 Å². The Balaban J connectivity index is 1.97. The topological polar surface area (TPSA) is 30.5 Å². The summed E-state index contributed by atoms with van der Waals surface area (Å²) in [5.74, 6) is 1.80. The number of ether oxygens (including phenoxy) is 2. The van der Waals surface area contributed by atoms with Crippen LogP contribution in [0.2, 0.25) is 0 Å². The molecule has 0 saturated carbocycles. The van der Waals surface area contributed by atoms with Crippen molar-refractivity contribution in [1.29, 1.82) is 0 Å². The number of aryl methyl sites for hydroxylation is 1. The van der Waals surface area contributed by atoms with Crippen molar-refractivity contribution < 1.29 is 9.47 Å². The number of nitrogens with one attached hydrogen (secondary N) is 1. The van der Waals surface area contributed by atoms with Crippen LogP contribution in [0.5, 0.6) is 11.5 Å². The largest absolute Gasteiger partial charge is 0.497 e. The molecule has 31 heavy (non-hydrogen) atoms. The molecule has 4 heteroatoms. The number of benzene rings is 3. The molecule has 0 aliphatic heterocycles. The summed E-state index contributed by atoms with van der Waals surface area (Å²) >= 11 is 0. The first kappa shape index (κ1) is 23.3. The fourth-order valence-electron chi connectivity index (χ4n) is 3.75. The van der Waals surface area contributed by atoms with Gasteiger partial charge in [0.25, 0.3) is 0 Å². The smallest absolute Gasteiger partial charge is 0.124 e.